The van der Waals surface area contributed by atoms with Gasteiger partial charge < -0.3 is 4.74 Å². The largest absolute Gasteiger partial charge is 0.444 e. The van der Waals surface area contributed by atoms with Crippen molar-refractivity contribution in [1.82, 2.24) is 4.90 Å². The summed E-state index contributed by atoms with van der Waals surface area (Å²) < 4.78 is 5.40. The summed E-state index contributed by atoms with van der Waals surface area (Å²) in [5, 5.41) is 0. The lowest BCUT2D eigenvalue weighted by Gasteiger charge is -2.28. The van der Waals surface area contributed by atoms with Crippen LogP contribution in [0.5, 0.6) is 0 Å². The smallest absolute Gasteiger partial charge is 0.410 e. The highest BCUT2D eigenvalue weighted by atomic mass is 16.6. The maximum absolute atomic E-state index is 12.4. The van der Waals surface area contributed by atoms with Gasteiger partial charge in [0.1, 0.15) is 5.60 Å². The lowest BCUT2D eigenvalue weighted by atomic mass is 10.0. The van der Waals surface area contributed by atoms with Crippen LogP contribution < -0.4 is 0 Å². The van der Waals surface area contributed by atoms with Gasteiger partial charge in [-0.15, -0.1) is 0 Å². The number of rotatable bonds is 4. The molecule has 0 aromatic heterocycles. The van der Waals surface area contributed by atoms with Crippen molar-refractivity contribution in [2.75, 3.05) is 6.54 Å². The van der Waals surface area contributed by atoms with Crippen LogP contribution in [0, 0.1) is 0 Å². The van der Waals surface area contributed by atoms with Crippen LogP contribution in [-0.4, -0.2) is 35.0 Å². The molecule has 1 aromatic carbocycles. The van der Waals surface area contributed by atoms with Gasteiger partial charge in [-0.2, -0.15) is 0 Å². The molecule has 0 unspecified atom stereocenters. The Morgan fingerprint density at radius 2 is 1.91 bits per heavy atom. The van der Waals surface area contributed by atoms with Crippen molar-refractivity contribution in [1.29, 1.82) is 0 Å². The molecule has 4 heteroatoms. The summed E-state index contributed by atoms with van der Waals surface area (Å²) in [6, 6.07) is 9.64. The average Bonchev–Trinajstić information content (AvgIpc) is 2.93. The number of Topliss-reactive ketones (excluding diaryl/α,β-unsaturated/α-hetero) is 1. The highest BCUT2D eigenvalue weighted by Crippen LogP contribution is 2.22. The Morgan fingerprint density at radius 3 is 2.55 bits per heavy atom. The van der Waals surface area contributed by atoms with Crippen LogP contribution in [0.2, 0.25) is 0 Å². The van der Waals surface area contributed by atoms with Gasteiger partial charge in [0.2, 0.25) is 0 Å². The number of benzene rings is 1. The van der Waals surface area contributed by atoms with Crippen molar-refractivity contribution < 1.29 is 14.3 Å². The third kappa shape index (κ3) is 4.58. The van der Waals surface area contributed by atoms with E-state index in [-0.39, 0.29) is 17.9 Å². The minimum Gasteiger partial charge on any atom is -0.444 e. The van der Waals surface area contributed by atoms with Crippen molar-refractivity contribution in [3.63, 3.8) is 0 Å². The zero-order chi connectivity index (χ0) is 16.2. The molecule has 0 saturated carbocycles. The summed E-state index contributed by atoms with van der Waals surface area (Å²) >= 11 is 0. The van der Waals surface area contributed by atoms with E-state index in [1.54, 1.807) is 4.90 Å². The Morgan fingerprint density at radius 1 is 1.23 bits per heavy atom. The zero-order valence-electron chi connectivity index (χ0n) is 13.7. The van der Waals surface area contributed by atoms with Gasteiger partial charge >= 0.3 is 6.09 Å². The minimum atomic E-state index is -0.530. The molecule has 22 heavy (non-hydrogen) atoms. The first-order chi connectivity index (χ1) is 10.4. The van der Waals surface area contributed by atoms with E-state index in [0.717, 1.165) is 24.8 Å². The molecule has 0 aliphatic carbocycles. The molecule has 1 amide bonds. The molecule has 1 fully saturated rings. The Hall–Kier alpha value is -1.84. The molecule has 1 aromatic rings. The van der Waals surface area contributed by atoms with E-state index in [0.29, 0.717) is 13.0 Å². The Balaban J connectivity index is 1.92. The van der Waals surface area contributed by atoms with Crippen molar-refractivity contribution in [3.05, 3.63) is 35.9 Å². The van der Waals surface area contributed by atoms with Gasteiger partial charge in [-0.05, 0) is 45.6 Å². The molecule has 0 spiro atoms. The third-order valence-electron chi connectivity index (χ3n) is 3.76. The average molecular weight is 303 g/mol. The first kappa shape index (κ1) is 16.5. The van der Waals surface area contributed by atoms with Gasteiger partial charge in [0.25, 0.3) is 0 Å². The van der Waals surface area contributed by atoms with Crippen LogP contribution in [0.25, 0.3) is 0 Å². The summed E-state index contributed by atoms with van der Waals surface area (Å²) in [6.07, 6.45) is 2.42. The molecule has 1 atom stereocenters. The van der Waals surface area contributed by atoms with Crippen LogP contribution >= 0.6 is 0 Å². The Bertz CT molecular complexity index is 519. The number of ketones is 1. The fourth-order valence-electron chi connectivity index (χ4n) is 2.72. The fraction of sp³-hybridized carbons (Fsp3) is 0.556. The van der Waals surface area contributed by atoms with Crippen molar-refractivity contribution >= 4 is 11.9 Å². The lowest BCUT2D eigenvalue weighted by Crippen LogP contribution is -2.43. The summed E-state index contributed by atoms with van der Waals surface area (Å²) in [7, 11) is 0. The number of nitrogens with zero attached hydrogens (tertiary/aromatic N) is 1. The predicted molar refractivity (Wildman–Crippen MR) is 85.7 cm³/mol. The maximum Gasteiger partial charge on any atom is 0.410 e. The molecule has 1 heterocycles. The maximum atomic E-state index is 12.4. The second-order valence-electron chi connectivity index (χ2n) is 6.78. The number of amides is 1. The van der Waals surface area contributed by atoms with E-state index in [4.69, 9.17) is 4.74 Å². The Kier molecular flexibility index (Phi) is 5.22. The summed E-state index contributed by atoms with van der Waals surface area (Å²) in [5.41, 5.74) is 0.620. The number of likely N-dealkylation sites (tertiary alicyclic amines) is 1. The summed E-state index contributed by atoms with van der Waals surface area (Å²) in [4.78, 5) is 26.2. The molecular formula is C18H25NO3. The number of ether oxygens (including phenoxy) is 1. The zero-order valence-corrected chi connectivity index (χ0v) is 13.7. The Labute approximate surface area is 132 Å². The molecule has 2 rings (SSSR count). The second kappa shape index (κ2) is 6.95. The van der Waals surface area contributed by atoms with Crippen LogP contribution in [0.4, 0.5) is 4.79 Å². The lowest BCUT2D eigenvalue weighted by molar-refractivity contribution is -0.123. The monoisotopic (exact) mass is 303 g/mol. The molecular weight excluding hydrogens is 278 g/mol. The standard InChI is InChI=1S/C18H25NO3/c1-18(2,3)22-17(21)19-13-7-10-15(19)16(20)12-11-14-8-5-4-6-9-14/h4-6,8-9,15H,7,10-13H2,1-3H3/t15-/m1/s1. The van der Waals surface area contributed by atoms with Crippen LogP contribution in [-0.2, 0) is 16.0 Å². The van der Waals surface area contributed by atoms with E-state index >= 15 is 0 Å². The third-order valence-corrected chi connectivity index (χ3v) is 3.76. The summed E-state index contributed by atoms with van der Waals surface area (Å²) in [6.45, 7) is 6.13. The SMILES string of the molecule is CC(C)(C)OC(=O)N1CCC[C@@H]1C(=O)CCc1ccccc1. The predicted octanol–water partition coefficient (Wildman–Crippen LogP) is 3.59. The second-order valence-corrected chi connectivity index (χ2v) is 6.78. The van der Waals surface area contributed by atoms with Gasteiger partial charge in [0.15, 0.2) is 5.78 Å². The van der Waals surface area contributed by atoms with Gasteiger partial charge in [-0.3, -0.25) is 9.69 Å². The van der Waals surface area contributed by atoms with Crippen LogP contribution in [0.1, 0.15) is 45.6 Å². The molecule has 1 aliphatic rings. The molecule has 0 N–H and O–H groups in total. The van der Waals surface area contributed by atoms with Crippen LogP contribution in [0.3, 0.4) is 0 Å². The molecule has 1 saturated heterocycles. The first-order valence-electron chi connectivity index (χ1n) is 7.93. The highest BCUT2D eigenvalue weighted by Gasteiger charge is 2.35. The van der Waals surface area contributed by atoms with Gasteiger partial charge in [0, 0.05) is 13.0 Å². The topological polar surface area (TPSA) is 46.6 Å². The van der Waals surface area contributed by atoms with Crippen molar-refractivity contribution in [2.45, 2.75) is 58.1 Å². The normalized spacial score (nSPS) is 18.3. The van der Waals surface area contributed by atoms with Crippen molar-refractivity contribution in [3.8, 4) is 0 Å². The fourth-order valence-corrected chi connectivity index (χ4v) is 2.72. The summed E-state index contributed by atoms with van der Waals surface area (Å²) in [5.74, 6) is 0.132. The van der Waals surface area contributed by atoms with Gasteiger partial charge in [-0.25, -0.2) is 4.79 Å². The molecule has 120 valence electrons. The first-order valence-corrected chi connectivity index (χ1v) is 7.93. The van der Waals surface area contributed by atoms with Gasteiger partial charge in [0.05, 0.1) is 6.04 Å². The quantitative estimate of drug-likeness (QED) is 0.854. The number of hydrogen-bond donors (Lipinski definition) is 0. The van der Waals surface area contributed by atoms with E-state index < -0.39 is 5.60 Å². The number of aryl methyl sites for hydroxylation is 1. The molecule has 0 radical (unpaired) electrons. The van der Waals surface area contributed by atoms with E-state index in [2.05, 4.69) is 0 Å². The molecule has 1 aliphatic heterocycles. The number of hydrogen-bond acceptors (Lipinski definition) is 3. The number of carbonyl (C=O) groups is 2. The molecule has 0 bridgehead atoms. The van der Waals surface area contributed by atoms with E-state index in [1.165, 1.54) is 0 Å². The van der Waals surface area contributed by atoms with E-state index in [9.17, 15) is 9.59 Å². The molecule has 4 nitrogen and oxygen atoms in total. The minimum absolute atomic E-state index is 0.132. The highest BCUT2D eigenvalue weighted by molar-refractivity contribution is 5.88. The van der Waals surface area contributed by atoms with E-state index in [1.807, 2.05) is 51.1 Å². The van der Waals surface area contributed by atoms with Crippen molar-refractivity contribution in [2.24, 2.45) is 0 Å². The van der Waals surface area contributed by atoms with Crippen LogP contribution in [0.15, 0.2) is 30.3 Å². The van der Waals surface area contributed by atoms with Gasteiger partial charge in [-0.1, -0.05) is 30.3 Å². The number of carbonyl (C=O) groups excluding carboxylic acids is 2.